The molecule has 0 amide bonds. The van der Waals surface area contributed by atoms with Crippen LogP contribution in [0.4, 0.5) is 8.78 Å². The molecule has 0 saturated heterocycles. The van der Waals surface area contributed by atoms with E-state index in [1.807, 2.05) is 6.92 Å². The summed E-state index contributed by atoms with van der Waals surface area (Å²) in [7, 11) is 1.76. The zero-order valence-electron chi connectivity index (χ0n) is 10.1. The van der Waals surface area contributed by atoms with Crippen molar-refractivity contribution in [2.24, 2.45) is 0 Å². The van der Waals surface area contributed by atoms with Gasteiger partial charge in [-0.2, -0.15) is 0 Å². The fourth-order valence-electron chi connectivity index (χ4n) is 1.74. The fraction of sp³-hybridized carbons (Fsp3) is 0.385. The summed E-state index contributed by atoms with van der Waals surface area (Å²) >= 11 is 0. The highest BCUT2D eigenvalue weighted by Gasteiger charge is 2.18. The van der Waals surface area contributed by atoms with Crippen LogP contribution in [0, 0.1) is 11.6 Å². The Balaban J connectivity index is 2.76. The van der Waals surface area contributed by atoms with Gasteiger partial charge in [-0.3, -0.25) is 4.90 Å². The molecule has 1 rings (SSSR count). The molecular formula is C13H17F2NO. The predicted octanol–water partition coefficient (Wildman–Crippen LogP) is 2.51. The summed E-state index contributed by atoms with van der Waals surface area (Å²) < 4.78 is 26.8. The van der Waals surface area contributed by atoms with E-state index in [2.05, 4.69) is 6.58 Å². The standard InChI is InChI=1S/C13H17F2NO/c1-9(2)7-16(3)8-12(17)13-10(14)5-4-6-11(13)15/h4-6,12,17H,1,7-8H2,2-3H3. The van der Waals surface area contributed by atoms with Gasteiger partial charge in [-0.1, -0.05) is 18.2 Å². The van der Waals surface area contributed by atoms with Crippen LogP contribution in [0.25, 0.3) is 0 Å². The van der Waals surface area contributed by atoms with Crippen molar-refractivity contribution in [3.05, 3.63) is 47.5 Å². The van der Waals surface area contributed by atoms with E-state index in [4.69, 9.17) is 0 Å². The Labute approximate surface area is 100 Å². The van der Waals surface area contributed by atoms with Gasteiger partial charge in [-0.05, 0) is 26.1 Å². The van der Waals surface area contributed by atoms with Crippen LogP contribution in [0.15, 0.2) is 30.4 Å². The van der Waals surface area contributed by atoms with Crippen molar-refractivity contribution < 1.29 is 13.9 Å². The average Bonchev–Trinajstić information content (AvgIpc) is 2.15. The SMILES string of the molecule is C=C(C)CN(C)CC(O)c1c(F)cccc1F. The molecule has 0 aliphatic carbocycles. The first-order valence-corrected chi connectivity index (χ1v) is 5.36. The molecule has 1 atom stereocenters. The maximum atomic E-state index is 13.4. The summed E-state index contributed by atoms with van der Waals surface area (Å²) in [5, 5.41) is 9.81. The Kier molecular flexibility index (Phi) is 4.78. The Morgan fingerprint density at radius 1 is 1.41 bits per heavy atom. The topological polar surface area (TPSA) is 23.5 Å². The van der Waals surface area contributed by atoms with Crippen molar-refractivity contribution in [3.63, 3.8) is 0 Å². The van der Waals surface area contributed by atoms with Crippen LogP contribution in [-0.2, 0) is 0 Å². The third-order valence-electron chi connectivity index (χ3n) is 2.36. The molecule has 1 aromatic carbocycles. The van der Waals surface area contributed by atoms with Gasteiger partial charge < -0.3 is 5.11 Å². The summed E-state index contributed by atoms with van der Waals surface area (Å²) in [6.45, 7) is 6.33. The highest BCUT2D eigenvalue weighted by Crippen LogP contribution is 2.21. The Morgan fingerprint density at radius 3 is 2.41 bits per heavy atom. The van der Waals surface area contributed by atoms with Gasteiger partial charge in [0.15, 0.2) is 0 Å². The molecule has 2 nitrogen and oxygen atoms in total. The van der Waals surface area contributed by atoms with Crippen LogP contribution in [0.2, 0.25) is 0 Å². The molecule has 0 aliphatic rings. The summed E-state index contributed by atoms with van der Waals surface area (Å²) in [4.78, 5) is 1.76. The number of nitrogens with zero attached hydrogens (tertiary/aromatic N) is 1. The second kappa shape index (κ2) is 5.89. The summed E-state index contributed by atoms with van der Waals surface area (Å²) in [5.41, 5.74) is 0.648. The third-order valence-corrected chi connectivity index (χ3v) is 2.36. The number of hydrogen-bond donors (Lipinski definition) is 1. The van der Waals surface area contributed by atoms with Gasteiger partial charge in [0.2, 0.25) is 0 Å². The van der Waals surface area contributed by atoms with E-state index in [0.29, 0.717) is 6.54 Å². The highest BCUT2D eigenvalue weighted by atomic mass is 19.1. The van der Waals surface area contributed by atoms with Crippen molar-refractivity contribution in [1.29, 1.82) is 0 Å². The lowest BCUT2D eigenvalue weighted by Gasteiger charge is -2.21. The van der Waals surface area contributed by atoms with Gasteiger partial charge in [0, 0.05) is 13.1 Å². The van der Waals surface area contributed by atoms with Gasteiger partial charge >= 0.3 is 0 Å². The zero-order valence-corrected chi connectivity index (χ0v) is 10.1. The van der Waals surface area contributed by atoms with Gasteiger partial charge in [0.1, 0.15) is 11.6 Å². The Morgan fingerprint density at radius 2 is 1.94 bits per heavy atom. The largest absolute Gasteiger partial charge is 0.387 e. The maximum absolute atomic E-state index is 13.4. The second-order valence-electron chi connectivity index (χ2n) is 4.30. The van der Waals surface area contributed by atoms with Gasteiger partial charge in [-0.15, -0.1) is 0 Å². The molecule has 1 aromatic rings. The van der Waals surface area contributed by atoms with Gasteiger partial charge in [-0.25, -0.2) is 8.78 Å². The van der Waals surface area contributed by atoms with Crippen molar-refractivity contribution in [2.75, 3.05) is 20.1 Å². The first kappa shape index (κ1) is 13.8. The molecule has 0 aromatic heterocycles. The number of hydrogen-bond acceptors (Lipinski definition) is 2. The smallest absolute Gasteiger partial charge is 0.131 e. The van der Waals surface area contributed by atoms with Gasteiger partial charge in [0.05, 0.1) is 11.7 Å². The molecular weight excluding hydrogens is 224 g/mol. The minimum absolute atomic E-state index is 0.157. The lowest BCUT2D eigenvalue weighted by Crippen LogP contribution is -2.27. The normalized spacial score (nSPS) is 12.8. The van der Waals surface area contributed by atoms with Crippen LogP contribution in [0.1, 0.15) is 18.6 Å². The summed E-state index contributed by atoms with van der Waals surface area (Å²) in [5.74, 6) is -1.44. The number of rotatable bonds is 5. The van der Waals surface area contributed by atoms with Gasteiger partial charge in [0.25, 0.3) is 0 Å². The van der Waals surface area contributed by atoms with Crippen LogP contribution < -0.4 is 0 Å². The Bertz CT molecular complexity index is 386. The third kappa shape index (κ3) is 3.91. The van der Waals surface area contributed by atoms with E-state index < -0.39 is 17.7 Å². The van der Waals surface area contributed by atoms with Crippen molar-refractivity contribution in [2.45, 2.75) is 13.0 Å². The molecule has 0 bridgehead atoms. The first-order valence-electron chi connectivity index (χ1n) is 5.36. The summed E-state index contributed by atoms with van der Waals surface area (Å²) in [6, 6.07) is 3.55. The fourth-order valence-corrected chi connectivity index (χ4v) is 1.74. The minimum Gasteiger partial charge on any atom is -0.387 e. The van der Waals surface area contributed by atoms with Crippen LogP contribution in [-0.4, -0.2) is 30.1 Å². The molecule has 0 fully saturated rings. The van der Waals surface area contributed by atoms with E-state index in [-0.39, 0.29) is 12.1 Å². The quantitative estimate of drug-likeness (QED) is 0.801. The molecule has 0 saturated carbocycles. The number of halogens is 2. The molecule has 0 radical (unpaired) electrons. The highest BCUT2D eigenvalue weighted by molar-refractivity contribution is 5.22. The lowest BCUT2D eigenvalue weighted by molar-refractivity contribution is 0.124. The predicted molar refractivity (Wildman–Crippen MR) is 63.6 cm³/mol. The molecule has 0 aliphatic heterocycles. The first-order chi connectivity index (χ1) is 7.91. The monoisotopic (exact) mass is 241 g/mol. The molecule has 1 N–H and O–H groups in total. The second-order valence-corrected chi connectivity index (χ2v) is 4.30. The summed E-state index contributed by atoms with van der Waals surface area (Å²) in [6.07, 6.45) is -1.18. The van der Waals surface area contributed by atoms with Crippen LogP contribution in [0.3, 0.4) is 0 Å². The Hall–Kier alpha value is -1.26. The number of benzene rings is 1. The van der Waals surface area contributed by atoms with Crippen molar-refractivity contribution in [1.82, 2.24) is 4.90 Å². The molecule has 0 heterocycles. The molecule has 17 heavy (non-hydrogen) atoms. The van der Waals surface area contributed by atoms with Crippen molar-refractivity contribution in [3.8, 4) is 0 Å². The lowest BCUT2D eigenvalue weighted by atomic mass is 10.1. The molecule has 4 heteroatoms. The number of aliphatic hydroxyl groups excluding tert-OH is 1. The van der Waals surface area contributed by atoms with E-state index >= 15 is 0 Å². The molecule has 0 spiro atoms. The van der Waals surface area contributed by atoms with Crippen LogP contribution >= 0.6 is 0 Å². The minimum atomic E-state index is -1.18. The van der Waals surface area contributed by atoms with E-state index in [0.717, 1.165) is 17.7 Å². The average molecular weight is 241 g/mol. The number of likely N-dealkylation sites (N-methyl/N-ethyl adjacent to an activating group) is 1. The van der Waals surface area contributed by atoms with Crippen molar-refractivity contribution >= 4 is 0 Å². The maximum Gasteiger partial charge on any atom is 0.131 e. The van der Waals surface area contributed by atoms with E-state index in [9.17, 15) is 13.9 Å². The molecule has 94 valence electrons. The number of aliphatic hydroxyl groups is 1. The van der Waals surface area contributed by atoms with E-state index in [1.54, 1.807) is 11.9 Å². The van der Waals surface area contributed by atoms with E-state index in [1.165, 1.54) is 6.07 Å². The molecule has 1 unspecified atom stereocenters. The van der Waals surface area contributed by atoms with Crippen LogP contribution in [0.5, 0.6) is 0 Å². The zero-order chi connectivity index (χ0) is 13.0.